The summed E-state index contributed by atoms with van der Waals surface area (Å²) in [6.07, 6.45) is 6.89. The molecular formula is C15H31N. The van der Waals surface area contributed by atoms with Gasteiger partial charge in [0, 0.05) is 12.1 Å². The van der Waals surface area contributed by atoms with Gasteiger partial charge in [0.1, 0.15) is 0 Å². The molecule has 0 aromatic heterocycles. The van der Waals surface area contributed by atoms with Crippen LogP contribution in [-0.2, 0) is 0 Å². The van der Waals surface area contributed by atoms with E-state index in [-0.39, 0.29) is 0 Å². The Morgan fingerprint density at radius 2 is 1.62 bits per heavy atom. The molecule has 0 aromatic rings. The zero-order valence-corrected chi connectivity index (χ0v) is 11.9. The first-order valence-electron chi connectivity index (χ1n) is 7.28. The van der Waals surface area contributed by atoms with E-state index in [1.54, 1.807) is 0 Å². The zero-order chi connectivity index (χ0) is 12.1. The Balaban J connectivity index is 2.27. The highest BCUT2D eigenvalue weighted by molar-refractivity contribution is 4.94. The number of nitrogens with one attached hydrogen (secondary N) is 1. The third-order valence-electron chi connectivity index (χ3n) is 3.54. The Hall–Kier alpha value is -0.0400. The molecule has 0 spiro atoms. The lowest BCUT2D eigenvalue weighted by Crippen LogP contribution is -2.34. The Morgan fingerprint density at radius 1 is 1.06 bits per heavy atom. The normalized spacial score (nSPS) is 24.8. The van der Waals surface area contributed by atoms with E-state index in [0.29, 0.717) is 0 Å². The van der Waals surface area contributed by atoms with Crippen LogP contribution in [0.1, 0.15) is 66.7 Å². The van der Waals surface area contributed by atoms with Crippen molar-refractivity contribution in [2.75, 3.05) is 0 Å². The van der Waals surface area contributed by atoms with Gasteiger partial charge in [0.2, 0.25) is 0 Å². The molecule has 0 heterocycles. The molecule has 1 heteroatoms. The van der Waals surface area contributed by atoms with E-state index in [1.807, 2.05) is 0 Å². The molecule has 1 fully saturated rings. The van der Waals surface area contributed by atoms with Crippen LogP contribution in [0.4, 0.5) is 0 Å². The van der Waals surface area contributed by atoms with Crippen molar-refractivity contribution in [2.24, 2.45) is 17.8 Å². The fourth-order valence-corrected chi connectivity index (χ4v) is 2.81. The topological polar surface area (TPSA) is 12.0 Å². The molecule has 1 aliphatic rings. The van der Waals surface area contributed by atoms with Gasteiger partial charge in [-0.2, -0.15) is 0 Å². The minimum Gasteiger partial charge on any atom is -0.311 e. The molecule has 0 aromatic carbocycles. The van der Waals surface area contributed by atoms with Crippen molar-refractivity contribution in [3.63, 3.8) is 0 Å². The molecule has 16 heavy (non-hydrogen) atoms. The molecule has 1 nitrogen and oxygen atoms in total. The van der Waals surface area contributed by atoms with Gasteiger partial charge in [-0.3, -0.25) is 0 Å². The van der Waals surface area contributed by atoms with Crippen molar-refractivity contribution in [3.8, 4) is 0 Å². The van der Waals surface area contributed by atoms with E-state index in [1.165, 1.54) is 32.1 Å². The van der Waals surface area contributed by atoms with Crippen LogP contribution in [-0.4, -0.2) is 12.1 Å². The number of rotatable bonds is 8. The Labute approximate surface area is 102 Å². The highest BCUT2D eigenvalue weighted by Gasteiger charge is 2.37. The first kappa shape index (κ1) is 14.0. The van der Waals surface area contributed by atoms with Crippen LogP contribution in [0.5, 0.6) is 0 Å². The highest BCUT2D eigenvalue weighted by atomic mass is 15.0. The summed E-state index contributed by atoms with van der Waals surface area (Å²) >= 11 is 0. The van der Waals surface area contributed by atoms with Crippen molar-refractivity contribution >= 4 is 0 Å². The van der Waals surface area contributed by atoms with Crippen molar-refractivity contribution in [3.05, 3.63) is 0 Å². The average molecular weight is 225 g/mol. The molecule has 1 rings (SSSR count). The fraction of sp³-hybridized carbons (Fsp3) is 1.00. The standard InChI is InChI=1S/C15H31N/c1-6-7-13-10-15(13)16-14(8-11(2)3)9-12(4)5/h11-16H,6-10H2,1-5H3. The SMILES string of the molecule is CCCC1CC1NC(CC(C)C)CC(C)C. The number of hydrogen-bond donors (Lipinski definition) is 1. The van der Waals surface area contributed by atoms with Crippen molar-refractivity contribution in [1.29, 1.82) is 0 Å². The van der Waals surface area contributed by atoms with Gasteiger partial charge in [0.25, 0.3) is 0 Å². The first-order chi connectivity index (χ1) is 7.52. The summed E-state index contributed by atoms with van der Waals surface area (Å²) in [5.74, 6) is 2.63. The quantitative estimate of drug-likeness (QED) is 0.652. The summed E-state index contributed by atoms with van der Waals surface area (Å²) < 4.78 is 0. The molecule has 0 bridgehead atoms. The minimum atomic E-state index is 0.756. The van der Waals surface area contributed by atoms with Gasteiger partial charge in [-0.05, 0) is 43.4 Å². The van der Waals surface area contributed by atoms with Crippen LogP contribution in [0.2, 0.25) is 0 Å². The van der Waals surface area contributed by atoms with Gasteiger partial charge < -0.3 is 5.32 Å². The number of hydrogen-bond acceptors (Lipinski definition) is 1. The van der Waals surface area contributed by atoms with Crippen LogP contribution in [0.15, 0.2) is 0 Å². The summed E-state index contributed by atoms with van der Waals surface area (Å²) in [6, 6.07) is 1.61. The van der Waals surface area contributed by atoms with Crippen LogP contribution in [0.3, 0.4) is 0 Å². The highest BCUT2D eigenvalue weighted by Crippen LogP contribution is 2.35. The lowest BCUT2D eigenvalue weighted by molar-refractivity contribution is 0.351. The van der Waals surface area contributed by atoms with Gasteiger partial charge in [-0.15, -0.1) is 0 Å². The van der Waals surface area contributed by atoms with Crippen molar-refractivity contribution in [1.82, 2.24) is 5.32 Å². The Bertz CT molecular complexity index is 176. The lowest BCUT2D eigenvalue weighted by atomic mass is 9.95. The predicted molar refractivity (Wildman–Crippen MR) is 72.6 cm³/mol. The van der Waals surface area contributed by atoms with Gasteiger partial charge in [-0.25, -0.2) is 0 Å². The van der Waals surface area contributed by atoms with Crippen LogP contribution in [0, 0.1) is 17.8 Å². The monoisotopic (exact) mass is 225 g/mol. The maximum Gasteiger partial charge on any atom is 0.0102 e. The van der Waals surface area contributed by atoms with Gasteiger partial charge >= 0.3 is 0 Å². The second-order valence-corrected chi connectivity index (χ2v) is 6.51. The van der Waals surface area contributed by atoms with Gasteiger partial charge in [0.15, 0.2) is 0 Å². The van der Waals surface area contributed by atoms with Crippen LogP contribution in [0.25, 0.3) is 0 Å². The largest absolute Gasteiger partial charge is 0.311 e. The minimum absolute atomic E-state index is 0.756. The summed E-state index contributed by atoms with van der Waals surface area (Å²) in [5.41, 5.74) is 0. The molecule has 1 N–H and O–H groups in total. The molecule has 1 aliphatic carbocycles. The molecule has 2 unspecified atom stereocenters. The van der Waals surface area contributed by atoms with Gasteiger partial charge in [0.05, 0.1) is 0 Å². The smallest absolute Gasteiger partial charge is 0.0102 e. The first-order valence-corrected chi connectivity index (χ1v) is 7.28. The molecule has 96 valence electrons. The predicted octanol–water partition coefficient (Wildman–Crippen LogP) is 4.23. The Kier molecular flexibility index (Phi) is 5.82. The molecule has 0 radical (unpaired) electrons. The third-order valence-corrected chi connectivity index (χ3v) is 3.54. The third kappa shape index (κ3) is 5.34. The van der Waals surface area contributed by atoms with Crippen LogP contribution < -0.4 is 5.32 Å². The van der Waals surface area contributed by atoms with E-state index >= 15 is 0 Å². The second kappa shape index (κ2) is 6.64. The van der Waals surface area contributed by atoms with E-state index < -0.39 is 0 Å². The maximum atomic E-state index is 3.89. The molecule has 0 saturated heterocycles. The van der Waals surface area contributed by atoms with Crippen molar-refractivity contribution < 1.29 is 0 Å². The molecule has 0 amide bonds. The molecule has 1 saturated carbocycles. The van der Waals surface area contributed by atoms with Crippen molar-refractivity contribution in [2.45, 2.75) is 78.8 Å². The van der Waals surface area contributed by atoms with Gasteiger partial charge in [-0.1, -0.05) is 41.0 Å². The summed E-state index contributed by atoms with van der Waals surface area (Å²) in [7, 11) is 0. The van der Waals surface area contributed by atoms with E-state index in [0.717, 1.165) is 29.8 Å². The average Bonchev–Trinajstić information content (AvgIpc) is 2.81. The molecular weight excluding hydrogens is 194 g/mol. The lowest BCUT2D eigenvalue weighted by Gasteiger charge is -2.22. The second-order valence-electron chi connectivity index (χ2n) is 6.51. The van der Waals surface area contributed by atoms with E-state index in [4.69, 9.17) is 0 Å². The van der Waals surface area contributed by atoms with E-state index in [2.05, 4.69) is 39.9 Å². The maximum absolute atomic E-state index is 3.89. The Morgan fingerprint density at radius 3 is 2.06 bits per heavy atom. The van der Waals surface area contributed by atoms with Crippen LogP contribution >= 0.6 is 0 Å². The summed E-state index contributed by atoms with van der Waals surface area (Å²) in [5, 5.41) is 3.89. The summed E-state index contributed by atoms with van der Waals surface area (Å²) in [4.78, 5) is 0. The van der Waals surface area contributed by atoms with E-state index in [9.17, 15) is 0 Å². The zero-order valence-electron chi connectivity index (χ0n) is 11.9. The fourth-order valence-electron chi connectivity index (χ4n) is 2.81. The molecule has 0 aliphatic heterocycles. The molecule has 2 atom stereocenters. The summed E-state index contributed by atoms with van der Waals surface area (Å²) in [6.45, 7) is 11.7.